The molecule has 0 bridgehead atoms. The minimum atomic E-state index is -1.13. The molecule has 0 saturated heterocycles. The van der Waals surface area contributed by atoms with E-state index in [9.17, 15) is 20.1 Å². The lowest BCUT2D eigenvalue weighted by Gasteiger charge is -2.26. The van der Waals surface area contributed by atoms with Crippen molar-refractivity contribution < 1.29 is 20.1 Å². The van der Waals surface area contributed by atoms with E-state index in [2.05, 4.69) is 31.3 Å². The molecule has 4 N–H and O–H groups in total. The van der Waals surface area contributed by atoms with E-state index in [-0.39, 0.29) is 12.5 Å². The highest BCUT2D eigenvalue weighted by Crippen LogP contribution is 2.16. The number of hydrogen-bond donors (Lipinski definition) is 4. The van der Waals surface area contributed by atoms with E-state index in [0.717, 1.165) is 38.5 Å². The van der Waals surface area contributed by atoms with Gasteiger partial charge >= 0.3 is 0 Å². The third-order valence-electron chi connectivity index (χ3n) is 10.1. The fourth-order valence-electron chi connectivity index (χ4n) is 6.75. The standard InChI is InChI=1S/C43H85NO4/c1-3-5-7-9-11-13-15-17-19-20-21-22-23-24-26-28-30-32-34-36-38-42(47)44-40(39-45)43(48)41(46)37-35-33-31-29-27-25-18-16-14-12-10-8-6-4-2/h21-22,40-41,43,45-46,48H,3-20,23-39H2,1-2H3,(H,44,47)/b22-21-. The summed E-state index contributed by atoms with van der Waals surface area (Å²) in [6.07, 6.45) is 44.5. The lowest BCUT2D eigenvalue weighted by Crippen LogP contribution is -2.50. The largest absolute Gasteiger partial charge is 0.394 e. The molecule has 3 atom stereocenters. The smallest absolute Gasteiger partial charge is 0.220 e. The molecule has 3 unspecified atom stereocenters. The molecule has 0 heterocycles. The van der Waals surface area contributed by atoms with Crippen LogP contribution >= 0.6 is 0 Å². The molecule has 0 saturated carbocycles. The summed E-state index contributed by atoms with van der Waals surface area (Å²) >= 11 is 0. The number of allylic oxidation sites excluding steroid dienone is 2. The maximum atomic E-state index is 12.4. The summed E-state index contributed by atoms with van der Waals surface area (Å²) in [5, 5.41) is 33.5. The van der Waals surface area contributed by atoms with Gasteiger partial charge in [0.1, 0.15) is 6.10 Å². The van der Waals surface area contributed by atoms with Crippen LogP contribution in [0.4, 0.5) is 0 Å². The van der Waals surface area contributed by atoms with Crippen molar-refractivity contribution in [2.75, 3.05) is 6.61 Å². The number of rotatable bonds is 39. The predicted octanol–water partition coefficient (Wildman–Crippen LogP) is 12.0. The van der Waals surface area contributed by atoms with Crippen molar-refractivity contribution in [1.82, 2.24) is 5.32 Å². The van der Waals surface area contributed by atoms with Crippen LogP contribution in [0.25, 0.3) is 0 Å². The van der Waals surface area contributed by atoms with Gasteiger partial charge in [-0.15, -0.1) is 0 Å². The average Bonchev–Trinajstić information content (AvgIpc) is 3.09. The summed E-state index contributed by atoms with van der Waals surface area (Å²) in [6.45, 7) is 4.18. The van der Waals surface area contributed by atoms with Crippen LogP contribution < -0.4 is 5.32 Å². The Morgan fingerprint density at radius 3 is 1.21 bits per heavy atom. The second kappa shape index (κ2) is 38.9. The van der Waals surface area contributed by atoms with Crippen LogP contribution in [0.5, 0.6) is 0 Å². The Kier molecular flexibility index (Phi) is 38.1. The maximum Gasteiger partial charge on any atom is 0.220 e. The first-order valence-corrected chi connectivity index (χ1v) is 21.5. The topological polar surface area (TPSA) is 89.8 Å². The molecule has 0 fully saturated rings. The van der Waals surface area contributed by atoms with Crippen molar-refractivity contribution in [3.8, 4) is 0 Å². The fourth-order valence-corrected chi connectivity index (χ4v) is 6.75. The Bertz CT molecular complexity index is 669. The molecule has 0 rings (SSSR count). The van der Waals surface area contributed by atoms with Crippen molar-refractivity contribution in [2.45, 2.75) is 250 Å². The number of carbonyl (C=O) groups excluding carboxylic acids is 1. The molecule has 0 radical (unpaired) electrons. The predicted molar refractivity (Wildman–Crippen MR) is 208 cm³/mol. The highest BCUT2D eigenvalue weighted by Gasteiger charge is 2.26. The van der Waals surface area contributed by atoms with Gasteiger partial charge in [-0.1, -0.05) is 199 Å². The molecule has 0 aliphatic carbocycles. The first-order valence-electron chi connectivity index (χ1n) is 21.5. The van der Waals surface area contributed by atoms with Gasteiger partial charge in [-0.3, -0.25) is 4.79 Å². The first-order chi connectivity index (χ1) is 23.6. The number of aliphatic hydroxyl groups is 3. The molecular formula is C43H85NO4. The van der Waals surface area contributed by atoms with E-state index >= 15 is 0 Å². The number of unbranched alkanes of at least 4 members (excludes halogenated alkanes) is 29. The van der Waals surface area contributed by atoms with E-state index in [1.807, 2.05) is 0 Å². The summed E-state index contributed by atoms with van der Waals surface area (Å²) < 4.78 is 0. The molecule has 0 aromatic carbocycles. The van der Waals surface area contributed by atoms with Crippen molar-refractivity contribution >= 4 is 5.91 Å². The van der Waals surface area contributed by atoms with Crippen LogP contribution in [0.1, 0.15) is 232 Å². The highest BCUT2D eigenvalue weighted by molar-refractivity contribution is 5.76. The van der Waals surface area contributed by atoms with Gasteiger partial charge in [0.2, 0.25) is 5.91 Å². The normalized spacial score (nSPS) is 13.7. The van der Waals surface area contributed by atoms with E-state index in [1.54, 1.807) is 0 Å². The van der Waals surface area contributed by atoms with Gasteiger partial charge < -0.3 is 20.6 Å². The van der Waals surface area contributed by atoms with Gasteiger partial charge in [-0.05, 0) is 38.5 Å². The monoisotopic (exact) mass is 680 g/mol. The van der Waals surface area contributed by atoms with Crippen LogP contribution in [0.2, 0.25) is 0 Å². The second-order valence-corrected chi connectivity index (χ2v) is 14.9. The zero-order chi connectivity index (χ0) is 35.2. The molecule has 0 aliphatic rings. The van der Waals surface area contributed by atoms with E-state index in [0.29, 0.717) is 12.8 Å². The van der Waals surface area contributed by atoms with Gasteiger partial charge in [0.05, 0.1) is 18.8 Å². The Balaban J connectivity index is 3.62. The molecule has 0 aliphatic heterocycles. The first kappa shape index (κ1) is 47.1. The zero-order valence-electron chi connectivity index (χ0n) is 32.4. The number of hydrogen-bond acceptors (Lipinski definition) is 4. The van der Waals surface area contributed by atoms with Crippen molar-refractivity contribution in [1.29, 1.82) is 0 Å². The molecule has 0 aromatic heterocycles. The third kappa shape index (κ3) is 33.6. The SMILES string of the molecule is CCCCCCCCCCC/C=C\CCCCCCCCCC(=O)NC(CO)C(O)C(O)CCCCCCCCCCCCCCCC. The van der Waals surface area contributed by atoms with Crippen LogP contribution in [-0.4, -0.2) is 46.1 Å². The number of nitrogens with one attached hydrogen (secondary N) is 1. The fraction of sp³-hybridized carbons (Fsp3) is 0.930. The molecule has 286 valence electrons. The van der Waals surface area contributed by atoms with Gasteiger partial charge in [0.15, 0.2) is 0 Å². The summed E-state index contributed by atoms with van der Waals surface area (Å²) in [6, 6.07) is -0.807. The molecular weight excluding hydrogens is 594 g/mol. The Labute approximate surface area is 299 Å². The summed E-state index contributed by atoms with van der Waals surface area (Å²) in [5.74, 6) is -0.147. The second-order valence-electron chi connectivity index (χ2n) is 14.9. The van der Waals surface area contributed by atoms with Gasteiger partial charge in [-0.25, -0.2) is 0 Å². The van der Waals surface area contributed by atoms with Crippen LogP contribution in [0, 0.1) is 0 Å². The van der Waals surface area contributed by atoms with Crippen molar-refractivity contribution in [3.05, 3.63) is 12.2 Å². The quantitative estimate of drug-likeness (QED) is 0.0384. The van der Waals surface area contributed by atoms with Gasteiger partial charge in [0, 0.05) is 6.42 Å². The molecule has 1 amide bonds. The van der Waals surface area contributed by atoms with Crippen LogP contribution in [0.3, 0.4) is 0 Å². The Morgan fingerprint density at radius 1 is 0.500 bits per heavy atom. The van der Waals surface area contributed by atoms with Gasteiger partial charge in [0.25, 0.3) is 0 Å². The van der Waals surface area contributed by atoms with Crippen LogP contribution in [-0.2, 0) is 4.79 Å². The average molecular weight is 680 g/mol. The summed E-state index contributed by atoms with van der Waals surface area (Å²) in [7, 11) is 0. The van der Waals surface area contributed by atoms with E-state index in [4.69, 9.17) is 0 Å². The Hall–Kier alpha value is -0.910. The van der Waals surface area contributed by atoms with E-state index < -0.39 is 18.2 Å². The zero-order valence-corrected chi connectivity index (χ0v) is 32.4. The minimum Gasteiger partial charge on any atom is -0.394 e. The minimum absolute atomic E-state index is 0.147. The number of aliphatic hydroxyl groups excluding tert-OH is 3. The molecule has 5 nitrogen and oxygen atoms in total. The highest BCUT2D eigenvalue weighted by atomic mass is 16.3. The summed E-state index contributed by atoms with van der Waals surface area (Å²) in [5.41, 5.74) is 0. The molecule has 0 aromatic rings. The van der Waals surface area contributed by atoms with E-state index in [1.165, 1.54) is 167 Å². The number of amides is 1. The lowest BCUT2D eigenvalue weighted by molar-refractivity contribution is -0.124. The van der Waals surface area contributed by atoms with Crippen molar-refractivity contribution in [2.24, 2.45) is 0 Å². The van der Waals surface area contributed by atoms with Gasteiger partial charge in [-0.2, -0.15) is 0 Å². The lowest BCUT2D eigenvalue weighted by atomic mass is 9.99. The van der Waals surface area contributed by atoms with Crippen LogP contribution in [0.15, 0.2) is 12.2 Å². The molecule has 0 spiro atoms. The van der Waals surface area contributed by atoms with Crippen molar-refractivity contribution in [3.63, 3.8) is 0 Å². The summed E-state index contributed by atoms with van der Waals surface area (Å²) in [4.78, 5) is 12.4. The molecule has 5 heteroatoms. The maximum absolute atomic E-state index is 12.4. The molecule has 48 heavy (non-hydrogen) atoms. The third-order valence-corrected chi connectivity index (χ3v) is 10.1. The number of carbonyl (C=O) groups is 1. The Morgan fingerprint density at radius 2 is 0.833 bits per heavy atom.